The average Bonchev–Trinajstić information content (AvgIpc) is 2.61. The fourth-order valence-corrected chi connectivity index (χ4v) is 2.17. The molecule has 1 amide bonds. The van der Waals surface area contributed by atoms with E-state index in [-0.39, 0.29) is 0 Å². The van der Waals surface area contributed by atoms with Gasteiger partial charge in [0.2, 0.25) is 5.91 Å². The monoisotopic (exact) mass is 304 g/mol. The molecule has 0 radical (unpaired) electrons. The van der Waals surface area contributed by atoms with Crippen molar-refractivity contribution in [2.24, 2.45) is 5.73 Å². The van der Waals surface area contributed by atoms with E-state index in [0.29, 0.717) is 17.9 Å². The first-order valence-corrected chi connectivity index (χ1v) is 7.23. The number of primary amides is 1. The van der Waals surface area contributed by atoms with Crippen LogP contribution in [0.4, 0.5) is 5.82 Å². The first-order chi connectivity index (χ1) is 11.2. The minimum absolute atomic E-state index is 0.448. The van der Waals surface area contributed by atoms with Gasteiger partial charge in [-0.15, -0.1) is 0 Å². The summed E-state index contributed by atoms with van der Waals surface area (Å²) in [5.74, 6) is 0.896. The summed E-state index contributed by atoms with van der Waals surface area (Å²) in [6.45, 7) is 0.692. The van der Waals surface area contributed by atoms with E-state index in [0.717, 1.165) is 11.4 Å². The third kappa shape index (κ3) is 3.71. The second kappa shape index (κ2) is 6.70. The van der Waals surface area contributed by atoms with Gasteiger partial charge in [-0.2, -0.15) is 0 Å². The minimum atomic E-state index is -0.448. The van der Waals surface area contributed by atoms with Crippen molar-refractivity contribution in [1.29, 1.82) is 0 Å². The molecule has 0 atom stereocenters. The van der Waals surface area contributed by atoms with Crippen molar-refractivity contribution in [3.63, 3.8) is 0 Å². The number of nitrogens with two attached hydrogens (primary N) is 1. The van der Waals surface area contributed by atoms with E-state index < -0.39 is 5.91 Å². The molecule has 114 valence electrons. The fraction of sp³-hybridized carbons (Fsp3) is 0.0556. The van der Waals surface area contributed by atoms with Crippen LogP contribution in [-0.2, 0) is 6.54 Å². The number of hydrogen-bond donors (Lipinski definition) is 2. The number of carbonyl (C=O) groups is 1. The largest absolute Gasteiger partial charge is 0.366 e. The molecule has 0 bridgehead atoms. The molecule has 3 rings (SSSR count). The molecule has 0 aliphatic heterocycles. The molecule has 0 fully saturated rings. The van der Waals surface area contributed by atoms with Gasteiger partial charge < -0.3 is 11.1 Å². The maximum absolute atomic E-state index is 11.1. The lowest BCUT2D eigenvalue weighted by atomic mass is 10.1. The van der Waals surface area contributed by atoms with Crippen LogP contribution < -0.4 is 11.1 Å². The van der Waals surface area contributed by atoms with E-state index in [1.165, 1.54) is 5.56 Å². The van der Waals surface area contributed by atoms with E-state index >= 15 is 0 Å². The van der Waals surface area contributed by atoms with Crippen molar-refractivity contribution in [3.8, 4) is 11.4 Å². The smallest absolute Gasteiger partial charge is 0.248 e. The summed E-state index contributed by atoms with van der Waals surface area (Å²) in [7, 11) is 0. The Morgan fingerprint density at radius 1 is 1.00 bits per heavy atom. The van der Waals surface area contributed by atoms with E-state index in [1.807, 2.05) is 24.3 Å². The SMILES string of the molecule is NC(=O)c1ccc(-c2nccc(NCc3ccccc3)n2)cc1. The normalized spacial score (nSPS) is 10.3. The summed E-state index contributed by atoms with van der Waals surface area (Å²) in [6.07, 6.45) is 1.71. The molecule has 0 saturated heterocycles. The second-order valence-electron chi connectivity index (χ2n) is 5.05. The fourth-order valence-electron chi connectivity index (χ4n) is 2.17. The summed E-state index contributed by atoms with van der Waals surface area (Å²) in [5, 5.41) is 3.28. The van der Waals surface area contributed by atoms with Gasteiger partial charge in [0.15, 0.2) is 5.82 Å². The maximum Gasteiger partial charge on any atom is 0.248 e. The Hall–Kier alpha value is -3.21. The lowest BCUT2D eigenvalue weighted by Crippen LogP contribution is -2.10. The number of carbonyl (C=O) groups excluding carboxylic acids is 1. The van der Waals surface area contributed by atoms with Gasteiger partial charge in [-0.25, -0.2) is 9.97 Å². The average molecular weight is 304 g/mol. The van der Waals surface area contributed by atoms with Crippen LogP contribution in [0.5, 0.6) is 0 Å². The third-order valence-electron chi connectivity index (χ3n) is 3.40. The molecule has 0 unspecified atom stereocenters. The number of anilines is 1. The van der Waals surface area contributed by atoms with Crippen LogP contribution in [0.2, 0.25) is 0 Å². The molecule has 23 heavy (non-hydrogen) atoms. The number of amides is 1. The quantitative estimate of drug-likeness (QED) is 0.759. The Balaban J connectivity index is 1.75. The summed E-state index contributed by atoms with van der Waals surface area (Å²) in [6, 6.07) is 18.8. The summed E-state index contributed by atoms with van der Waals surface area (Å²) >= 11 is 0. The summed E-state index contributed by atoms with van der Waals surface area (Å²) < 4.78 is 0. The highest BCUT2D eigenvalue weighted by Gasteiger charge is 2.05. The summed E-state index contributed by atoms with van der Waals surface area (Å²) in [5.41, 5.74) is 7.72. The van der Waals surface area contributed by atoms with Gasteiger partial charge in [0, 0.05) is 23.9 Å². The van der Waals surface area contributed by atoms with Gasteiger partial charge >= 0.3 is 0 Å². The number of nitrogens with one attached hydrogen (secondary N) is 1. The molecule has 3 N–H and O–H groups in total. The van der Waals surface area contributed by atoms with Crippen LogP contribution in [0.15, 0.2) is 66.9 Å². The van der Waals surface area contributed by atoms with Crippen LogP contribution >= 0.6 is 0 Å². The Morgan fingerprint density at radius 3 is 2.43 bits per heavy atom. The zero-order valence-electron chi connectivity index (χ0n) is 12.4. The molecule has 0 aliphatic rings. The first kappa shape index (κ1) is 14.7. The Kier molecular flexibility index (Phi) is 4.29. The van der Waals surface area contributed by atoms with Crippen molar-refractivity contribution < 1.29 is 4.79 Å². The van der Waals surface area contributed by atoms with Crippen LogP contribution in [0.1, 0.15) is 15.9 Å². The van der Waals surface area contributed by atoms with Crippen molar-refractivity contribution in [3.05, 3.63) is 78.0 Å². The van der Waals surface area contributed by atoms with E-state index in [9.17, 15) is 4.79 Å². The Morgan fingerprint density at radius 2 is 1.74 bits per heavy atom. The number of rotatable bonds is 5. The van der Waals surface area contributed by atoms with Gasteiger partial charge in [0.05, 0.1) is 0 Å². The topological polar surface area (TPSA) is 80.9 Å². The lowest BCUT2D eigenvalue weighted by Gasteiger charge is -2.07. The Bertz CT molecular complexity index is 801. The van der Waals surface area contributed by atoms with Crippen LogP contribution in [0.25, 0.3) is 11.4 Å². The van der Waals surface area contributed by atoms with Gasteiger partial charge in [0.1, 0.15) is 5.82 Å². The predicted octanol–water partition coefficient (Wildman–Crippen LogP) is 2.85. The molecular weight excluding hydrogens is 288 g/mol. The number of nitrogens with zero attached hydrogens (tertiary/aromatic N) is 2. The minimum Gasteiger partial charge on any atom is -0.366 e. The van der Waals surface area contributed by atoms with Crippen molar-refractivity contribution in [2.75, 3.05) is 5.32 Å². The molecular formula is C18H16N4O. The second-order valence-corrected chi connectivity index (χ2v) is 5.05. The standard InChI is InChI=1S/C18H16N4O/c19-17(23)14-6-8-15(9-7-14)18-20-11-10-16(22-18)21-12-13-4-2-1-3-5-13/h1-11H,12H2,(H2,19,23)(H,20,21,22). The van der Waals surface area contributed by atoms with Crippen LogP contribution in [-0.4, -0.2) is 15.9 Å². The van der Waals surface area contributed by atoms with Gasteiger partial charge in [-0.1, -0.05) is 42.5 Å². The number of aromatic nitrogens is 2. The highest BCUT2D eigenvalue weighted by molar-refractivity contribution is 5.93. The highest BCUT2D eigenvalue weighted by atomic mass is 16.1. The number of hydrogen-bond acceptors (Lipinski definition) is 4. The molecule has 0 spiro atoms. The molecule has 1 aromatic heterocycles. The molecule has 2 aromatic carbocycles. The first-order valence-electron chi connectivity index (χ1n) is 7.23. The molecule has 5 heteroatoms. The van der Waals surface area contributed by atoms with Crippen molar-refractivity contribution >= 4 is 11.7 Å². The molecule has 5 nitrogen and oxygen atoms in total. The zero-order chi connectivity index (χ0) is 16.1. The Labute approximate surface area is 134 Å². The number of benzene rings is 2. The van der Waals surface area contributed by atoms with Gasteiger partial charge in [-0.3, -0.25) is 4.79 Å². The summed E-state index contributed by atoms with van der Waals surface area (Å²) in [4.78, 5) is 19.9. The van der Waals surface area contributed by atoms with Crippen molar-refractivity contribution in [2.45, 2.75) is 6.54 Å². The highest BCUT2D eigenvalue weighted by Crippen LogP contribution is 2.17. The van der Waals surface area contributed by atoms with E-state index in [2.05, 4.69) is 27.4 Å². The van der Waals surface area contributed by atoms with Crippen molar-refractivity contribution in [1.82, 2.24) is 9.97 Å². The predicted molar refractivity (Wildman–Crippen MR) is 89.8 cm³/mol. The third-order valence-corrected chi connectivity index (χ3v) is 3.40. The van der Waals surface area contributed by atoms with Gasteiger partial charge in [0.25, 0.3) is 0 Å². The molecule has 3 aromatic rings. The van der Waals surface area contributed by atoms with Gasteiger partial charge in [-0.05, 0) is 23.8 Å². The molecule has 1 heterocycles. The molecule has 0 saturated carbocycles. The van der Waals surface area contributed by atoms with E-state index in [1.54, 1.807) is 30.5 Å². The zero-order valence-corrected chi connectivity index (χ0v) is 12.4. The maximum atomic E-state index is 11.1. The lowest BCUT2D eigenvalue weighted by molar-refractivity contribution is 0.100. The van der Waals surface area contributed by atoms with E-state index in [4.69, 9.17) is 5.73 Å². The van der Waals surface area contributed by atoms with Crippen LogP contribution in [0, 0.1) is 0 Å². The molecule has 0 aliphatic carbocycles. The van der Waals surface area contributed by atoms with Crippen LogP contribution in [0.3, 0.4) is 0 Å².